The molecule has 4 nitrogen and oxygen atoms in total. The van der Waals surface area contributed by atoms with Gasteiger partial charge in [-0.05, 0) is 55.1 Å². The van der Waals surface area contributed by atoms with E-state index in [4.69, 9.17) is 21.1 Å². The topological polar surface area (TPSA) is 33.7 Å². The van der Waals surface area contributed by atoms with Crippen molar-refractivity contribution in [2.45, 2.75) is 18.4 Å². The van der Waals surface area contributed by atoms with Crippen molar-refractivity contribution in [3.05, 3.63) is 76.8 Å². The average molecular weight is 439 g/mol. The van der Waals surface area contributed by atoms with Crippen LogP contribution in [-0.2, 0) is 16.7 Å². The standard InChI is InChI=1S/C26H31ClN2O2/c1-28-13-12-26(29-14-16-31-17-15-29,19-20-6-4-3-5-7-20)22-9-10-23-21(18-22)8-11-24(30-2)25(23)27/h3-11,18,28H,12-17,19H2,1-2H3. The minimum Gasteiger partial charge on any atom is -0.495 e. The number of methoxy groups -OCH3 is 1. The fourth-order valence-corrected chi connectivity index (χ4v) is 5.08. The van der Waals surface area contributed by atoms with Crippen LogP contribution in [0.3, 0.4) is 0 Å². The van der Waals surface area contributed by atoms with E-state index in [1.54, 1.807) is 7.11 Å². The van der Waals surface area contributed by atoms with E-state index in [0.29, 0.717) is 10.8 Å². The van der Waals surface area contributed by atoms with Gasteiger partial charge in [0, 0.05) is 18.5 Å². The first kappa shape index (κ1) is 22.1. The van der Waals surface area contributed by atoms with Gasteiger partial charge in [-0.15, -0.1) is 0 Å². The Morgan fingerprint density at radius 1 is 1.06 bits per heavy atom. The minimum absolute atomic E-state index is 0.130. The Morgan fingerprint density at radius 3 is 2.55 bits per heavy atom. The van der Waals surface area contributed by atoms with E-state index in [1.165, 1.54) is 11.1 Å². The molecule has 164 valence electrons. The maximum atomic E-state index is 6.61. The highest BCUT2D eigenvalue weighted by Gasteiger charge is 2.39. The second kappa shape index (κ2) is 10.0. The molecule has 1 heterocycles. The van der Waals surface area contributed by atoms with Crippen LogP contribution < -0.4 is 10.1 Å². The molecule has 3 aromatic carbocycles. The summed E-state index contributed by atoms with van der Waals surface area (Å²) in [6.07, 6.45) is 1.96. The van der Waals surface area contributed by atoms with Crippen molar-refractivity contribution in [1.82, 2.24) is 10.2 Å². The summed E-state index contributed by atoms with van der Waals surface area (Å²) in [6, 6.07) is 21.6. The number of benzene rings is 3. The first-order valence-corrected chi connectivity index (χ1v) is 11.3. The zero-order chi connectivity index (χ0) is 21.7. The summed E-state index contributed by atoms with van der Waals surface area (Å²) < 4.78 is 11.1. The first-order chi connectivity index (χ1) is 15.2. The lowest BCUT2D eigenvalue weighted by atomic mass is 9.78. The van der Waals surface area contributed by atoms with E-state index in [1.807, 2.05) is 13.1 Å². The molecule has 0 radical (unpaired) electrons. The van der Waals surface area contributed by atoms with Crippen LogP contribution in [0.25, 0.3) is 10.8 Å². The Hall–Kier alpha value is -2.11. The Bertz CT molecular complexity index is 1000. The monoisotopic (exact) mass is 438 g/mol. The van der Waals surface area contributed by atoms with Crippen LogP contribution in [0.5, 0.6) is 5.75 Å². The summed E-state index contributed by atoms with van der Waals surface area (Å²) in [5, 5.41) is 6.21. The molecule has 1 fully saturated rings. The van der Waals surface area contributed by atoms with Crippen LogP contribution in [0.15, 0.2) is 60.7 Å². The van der Waals surface area contributed by atoms with Crippen molar-refractivity contribution in [2.24, 2.45) is 0 Å². The van der Waals surface area contributed by atoms with E-state index in [9.17, 15) is 0 Å². The van der Waals surface area contributed by atoms with Crippen LogP contribution in [0.2, 0.25) is 5.02 Å². The van der Waals surface area contributed by atoms with Crippen LogP contribution in [0.4, 0.5) is 0 Å². The number of morpholine rings is 1. The molecule has 1 aliphatic heterocycles. The van der Waals surface area contributed by atoms with E-state index in [-0.39, 0.29) is 5.54 Å². The SMILES string of the molecule is CNCCC(Cc1ccccc1)(c1ccc2c(Cl)c(OC)ccc2c1)N1CCOCC1. The molecule has 4 rings (SSSR count). The van der Waals surface area contributed by atoms with E-state index in [0.717, 1.165) is 56.5 Å². The summed E-state index contributed by atoms with van der Waals surface area (Å²) in [7, 11) is 3.68. The quantitative estimate of drug-likeness (QED) is 0.543. The summed E-state index contributed by atoms with van der Waals surface area (Å²) in [4.78, 5) is 2.62. The largest absolute Gasteiger partial charge is 0.495 e. The summed E-state index contributed by atoms with van der Waals surface area (Å²) in [6.45, 7) is 4.33. The molecule has 1 saturated heterocycles. The summed E-state index contributed by atoms with van der Waals surface area (Å²) in [5.74, 6) is 0.709. The van der Waals surface area contributed by atoms with Gasteiger partial charge in [0.1, 0.15) is 5.75 Å². The third-order valence-corrected chi connectivity index (χ3v) is 6.81. The Kier molecular flexibility index (Phi) is 7.13. The van der Waals surface area contributed by atoms with Crippen LogP contribution >= 0.6 is 11.6 Å². The van der Waals surface area contributed by atoms with E-state index in [2.05, 4.69) is 64.8 Å². The molecule has 0 bridgehead atoms. The molecule has 0 aromatic heterocycles. The maximum Gasteiger partial charge on any atom is 0.138 e. The molecule has 1 unspecified atom stereocenters. The van der Waals surface area contributed by atoms with Crippen LogP contribution in [0.1, 0.15) is 17.5 Å². The zero-order valence-corrected chi connectivity index (χ0v) is 19.1. The fraction of sp³-hybridized carbons (Fsp3) is 0.385. The molecule has 3 aromatic rings. The van der Waals surface area contributed by atoms with Gasteiger partial charge < -0.3 is 14.8 Å². The summed E-state index contributed by atoms with van der Waals surface area (Å²) in [5.41, 5.74) is 2.54. The van der Waals surface area contributed by atoms with Gasteiger partial charge in [-0.2, -0.15) is 0 Å². The van der Waals surface area contributed by atoms with Crippen molar-refractivity contribution in [2.75, 3.05) is 47.0 Å². The molecule has 0 spiro atoms. The van der Waals surface area contributed by atoms with Gasteiger partial charge in [0.05, 0.1) is 30.9 Å². The lowest BCUT2D eigenvalue weighted by Crippen LogP contribution is -2.53. The van der Waals surface area contributed by atoms with Gasteiger partial charge in [-0.3, -0.25) is 4.90 Å². The third-order valence-electron chi connectivity index (χ3n) is 6.42. The number of nitrogens with one attached hydrogen (secondary N) is 1. The number of ether oxygens (including phenoxy) is 2. The van der Waals surface area contributed by atoms with Gasteiger partial charge in [0.25, 0.3) is 0 Å². The maximum absolute atomic E-state index is 6.61. The van der Waals surface area contributed by atoms with Gasteiger partial charge in [-0.1, -0.05) is 60.1 Å². The van der Waals surface area contributed by atoms with Gasteiger partial charge in [-0.25, -0.2) is 0 Å². The minimum atomic E-state index is -0.130. The average Bonchev–Trinajstić information content (AvgIpc) is 2.83. The number of nitrogens with zero attached hydrogens (tertiary/aromatic N) is 1. The number of halogens is 1. The molecule has 0 amide bonds. The smallest absolute Gasteiger partial charge is 0.138 e. The third kappa shape index (κ3) is 4.58. The highest BCUT2D eigenvalue weighted by molar-refractivity contribution is 6.37. The van der Waals surface area contributed by atoms with Crippen LogP contribution in [-0.4, -0.2) is 51.9 Å². The highest BCUT2D eigenvalue weighted by atomic mass is 35.5. The molecule has 0 saturated carbocycles. The zero-order valence-electron chi connectivity index (χ0n) is 18.4. The number of hydrogen-bond acceptors (Lipinski definition) is 4. The lowest BCUT2D eigenvalue weighted by molar-refractivity contribution is -0.0288. The Labute approximate surface area is 190 Å². The number of rotatable bonds is 8. The molecule has 31 heavy (non-hydrogen) atoms. The molecule has 1 aliphatic rings. The van der Waals surface area contributed by atoms with Gasteiger partial charge in [0.15, 0.2) is 0 Å². The van der Waals surface area contributed by atoms with E-state index < -0.39 is 0 Å². The predicted molar refractivity (Wildman–Crippen MR) is 128 cm³/mol. The van der Waals surface area contributed by atoms with Crippen molar-refractivity contribution in [3.63, 3.8) is 0 Å². The van der Waals surface area contributed by atoms with Crippen molar-refractivity contribution >= 4 is 22.4 Å². The second-order valence-electron chi connectivity index (χ2n) is 8.16. The van der Waals surface area contributed by atoms with Crippen molar-refractivity contribution < 1.29 is 9.47 Å². The first-order valence-electron chi connectivity index (χ1n) is 11.0. The number of hydrogen-bond donors (Lipinski definition) is 1. The molecular formula is C26H31ClN2O2. The predicted octanol–water partition coefficient (Wildman–Crippen LogP) is 4.88. The lowest BCUT2D eigenvalue weighted by Gasteiger charge is -2.47. The number of fused-ring (bicyclic) bond motifs is 1. The van der Waals surface area contributed by atoms with Gasteiger partial charge >= 0.3 is 0 Å². The molecule has 1 N–H and O–H groups in total. The molecule has 5 heteroatoms. The second-order valence-corrected chi connectivity index (χ2v) is 8.54. The molecule has 0 aliphatic carbocycles. The van der Waals surface area contributed by atoms with Crippen molar-refractivity contribution in [1.29, 1.82) is 0 Å². The Balaban J connectivity index is 1.85. The fourth-order valence-electron chi connectivity index (χ4n) is 4.76. The Morgan fingerprint density at radius 2 is 1.84 bits per heavy atom. The molecular weight excluding hydrogens is 408 g/mol. The normalized spacial score (nSPS) is 16.9. The highest BCUT2D eigenvalue weighted by Crippen LogP contribution is 2.40. The van der Waals surface area contributed by atoms with Gasteiger partial charge in [0.2, 0.25) is 0 Å². The van der Waals surface area contributed by atoms with Crippen molar-refractivity contribution in [3.8, 4) is 5.75 Å². The molecule has 1 atom stereocenters. The van der Waals surface area contributed by atoms with Crippen LogP contribution in [0, 0.1) is 0 Å². The van der Waals surface area contributed by atoms with E-state index >= 15 is 0 Å². The summed E-state index contributed by atoms with van der Waals surface area (Å²) >= 11 is 6.61.